The van der Waals surface area contributed by atoms with Crippen LogP contribution in [0, 0.1) is 11.3 Å². The summed E-state index contributed by atoms with van der Waals surface area (Å²) in [5, 5.41) is 15.2. The second kappa shape index (κ2) is 12.0. The molecule has 2 bridgehead atoms. The molecule has 2 saturated heterocycles. The largest absolute Gasteiger partial charge is 0.467 e. The number of amides is 2. The van der Waals surface area contributed by atoms with E-state index in [1.807, 2.05) is 49.9 Å². The van der Waals surface area contributed by atoms with Crippen molar-refractivity contribution in [3.8, 4) is 23.2 Å². The monoisotopic (exact) mass is 684 g/mol. The summed E-state index contributed by atoms with van der Waals surface area (Å²) in [7, 11) is 1.56. The van der Waals surface area contributed by atoms with E-state index in [2.05, 4.69) is 16.3 Å². The summed E-state index contributed by atoms with van der Waals surface area (Å²) >= 11 is 1.33. The van der Waals surface area contributed by atoms with E-state index in [1.54, 1.807) is 27.9 Å². The molecule has 2 aromatic heterocycles. The van der Waals surface area contributed by atoms with E-state index in [0.717, 1.165) is 56.4 Å². The molecule has 1 N–H and O–H groups in total. The Morgan fingerprint density at radius 1 is 0.980 bits per heavy atom. The van der Waals surface area contributed by atoms with Gasteiger partial charge in [0.15, 0.2) is 0 Å². The predicted octanol–water partition coefficient (Wildman–Crippen LogP) is 7.36. The smallest absolute Gasteiger partial charge is 0.412 e. The van der Waals surface area contributed by atoms with Crippen molar-refractivity contribution >= 4 is 55.3 Å². The van der Waals surface area contributed by atoms with Gasteiger partial charge in [-0.1, -0.05) is 12.1 Å². The number of thiophene rings is 1. The molecule has 13 heteroatoms. The normalized spacial score (nSPS) is 18.8. The van der Waals surface area contributed by atoms with Crippen molar-refractivity contribution in [3.63, 3.8) is 0 Å². The Kier molecular flexibility index (Phi) is 8.07. The maximum absolute atomic E-state index is 13.0. The number of likely N-dealkylation sites (tertiary alicyclic amines) is 1. The third-order valence-electron chi connectivity index (χ3n) is 8.96. The Labute approximate surface area is 288 Å². The molecule has 0 saturated carbocycles. The molecular weight excluding hydrogens is 644 g/mol. The van der Waals surface area contributed by atoms with Gasteiger partial charge in [-0.15, -0.1) is 11.3 Å². The lowest BCUT2D eigenvalue weighted by Gasteiger charge is -2.42. The van der Waals surface area contributed by atoms with Gasteiger partial charge in [0, 0.05) is 40.6 Å². The van der Waals surface area contributed by atoms with Gasteiger partial charge in [-0.25, -0.2) is 9.59 Å². The van der Waals surface area contributed by atoms with Crippen LogP contribution in [0.15, 0.2) is 24.3 Å². The number of nitrogens with zero attached hydrogens (tertiary/aromatic N) is 5. The molecular formula is C36H40N6O6S. The molecule has 2 atom stereocenters. The summed E-state index contributed by atoms with van der Waals surface area (Å²) in [6, 6.07) is 10.6. The molecule has 2 aromatic carbocycles. The molecule has 5 heterocycles. The van der Waals surface area contributed by atoms with Crippen LogP contribution in [0.25, 0.3) is 32.1 Å². The van der Waals surface area contributed by atoms with Gasteiger partial charge < -0.3 is 28.7 Å². The molecule has 3 aliphatic rings. The van der Waals surface area contributed by atoms with Crippen LogP contribution in [0.2, 0.25) is 0 Å². The topological polar surface area (TPSA) is 139 Å². The Balaban J connectivity index is 1.33. The Bertz CT molecular complexity index is 2030. The number of hydrogen-bond acceptors (Lipinski definition) is 11. The highest BCUT2D eigenvalue weighted by Crippen LogP contribution is 2.47. The number of methoxy groups -OCH3 is 1. The van der Waals surface area contributed by atoms with Gasteiger partial charge in [-0.3, -0.25) is 5.32 Å². The first-order valence-corrected chi connectivity index (χ1v) is 17.3. The Morgan fingerprint density at radius 2 is 1.67 bits per heavy atom. The van der Waals surface area contributed by atoms with Crippen LogP contribution in [0.4, 0.5) is 20.4 Å². The lowest BCUT2D eigenvalue weighted by Crippen LogP contribution is -2.56. The van der Waals surface area contributed by atoms with Crippen molar-refractivity contribution in [1.82, 2.24) is 14.9 Å². The van der Waals surface area contributed by atoms with Crippen LogP contribution in [0.3, 0.4) is 0 Å². The summed E-state index contributed by atoms with van der Waals surface area (Å²) in [5.74, 6) is 0.779. The summed E-state index contributed by atoms with van der Waals surface area (Å²) < 4.78 is 23.8. The second-order valence-electron chi connectivity index (χ2n) is 14.7. The minimum atomic E-state index is -0.683. The highest BCUT2D eigenvalue weighted by molar-refractivity contribution is 7.23. The van der Waals surface area contributed by atoms with E-state index in [1.165, 1.54) is 11.3 Å². The van der Waals surface area contributed by atoms with Crippen molar-refractivity contribution in [2.24, 2.45) is 0 Å². The molecule has 4 aromatic rings. The molecule has 256 valence electrons. The first-order chi connectivity index (χ1) is 23.2. The number of aromatic nitrogens is 2. The molecule has 0 aliphatic carbocycles. The highest BCUT2D eigenvalue weighted by atomic mass is 32.1. The predicted molar refractivity (Wildman–Crippen MR) is 187 cm³/mol. The fourth-order valence-corrected chi connectivity index (χ4v) is 8.23. The van der Waals surface area contributed by atoms with E-state index in [9.17, 15) is 14.9 Å². The number of hydrogen-bond donors (Lipinski definition) is 1. The van der Waals surface area contributed by atoms with E-state index < -0.39 is 17.3 Å². The summed E-state index contributed by atoms with van der Waals surface area (Å²) in [5.41, 5.74) is 3.56. The number of ether oxygens (including phenoxy) is 4. The lowest BCUT2D eigenvalue weighted by atomic mass is 9.91. The summed E-state index contributed by atoms with van der Waals surface area (Å²) in [4.78, 5) is 39.7. The molecule has 3 aliphatic heterocycles. The molecule has 2 fully saturated rings. The zero-order valence-corrected chi connectivity index (χ0v) is 29.6. The van der Waals surface area contributed by atoms with E-state index in [0.29, 0.717) is 42.4 Å². The third-order valence-corrected chi connectivity index (χ3v) is 10.0. The van der Waals surface area contributed by atoms with Gasteiger partial charge >= 0.3 is 18.2 Å². The first kappa shape index (κ1) is 32.9. The molecule has 2 amide bonds. The second-order valence-corrected chi connectivity index (χ2v) is 15.8. The number of piperazine rings is 1. The number of carbonyl (C=O) groups excluding carboxylic acids is 2. The molecule has 49 heavy (non-hydrogen) atoms. The first-order valence-electron chi connectivity index (χ1n) is 16.4. The number of nitrogens with one attached hydrogen (secondary N) is 1. The van der Waals surface area contributed by atoms with Gasteiger partial charge in [-0.05, 0) is 88.8 Å². The van der Waals surface area contributed by atoms with Crippen molar-refractivity contribution in [1.29, 1.82) is 5.26 Å². The van der Waals surface area contributed by atoms with Crippen LogP contribution in [0.5, 0.6) is 6.01 Å². The van der Waals surface area contributed by atoms with Crippen LogP contribution in [-0.4, -0.2) is 70.5 Å². The molecule has 0 radical (unpaired) electrons. The fraction of sp³-hybridized carbons (Fsp3) is 0.472. The quantitative estimate of drug-likeness (QED) is 0.232. The minimum absolute atomic E-state index is 0.0559. The molecule has 2 unspecified atom stereocenters. The molecule has 12 nitrogen and oxygen atoms in total. The van der Waals surface area contributed by atoms with E-state index >= 15 is 0 Å². The zero-order chi connectivity index (χ0) is 34.8. The van der Waals surface area contributed by atoms with Crippen molar-refractivity contribution in [2.75, 3.05) is 30.4 Å². The number of carbonyl (C=O) groups is 2. The van der Waals surface area contributed by atoms with E-state index in [4.69, 9.17) is 28.9 Å². The minimum Gasteiger partial charge on any atom is -0.467 e. The van der Waals surface area contributed by atoms with Gasteiger partial charge in [0.1, 0.15) is 28.1 Å². The number of benzene rings is 2. The van der Waals surface area contributed by atoms with Gasteiger partial charge in [0.25, 0.3) is 0 Å². The van der Waals surface area contributed by atoms with Gasteiger partial charge in [0.05, 0.1) is 31.4 Å². The van der Waals surface area contributed by atoms with Crippen LogP contribution < -0.4 is 15.0 Å². The zero-order valence-electron chi connectivity index (χ0n) is 28.8. The van der Waals surface area contributed by atoms with Crippen molar-refractivity contribution in [2.45, 2.75) is 90.9 Å². The lowest BCUT2D eigenvalue weighted by molar-refractivity contribution is 0.0209. The standard InChI is InChI=1S/C36H40N6O6S/c1-35(2,3)47-33(43)40-31-23(14-37)28-21(9-8-10-27(28)49-31)22-13-26-29(25-18-46-17-24(22)25)30(39-32(38-26)45-7)42-19-11-12-20(42)16-41(15-19)34(44)48-36(4,5)6/h8-10,13,19-20H,11-12,15-18H2,1-7H3,(H,40,43). The maximum Gasteiger partial charge on any atom is 0.412 e. The molecule has 0 spiro atoms. The average Bonchev–Trinajstić information content (AvgIpc) is 3.71. The number of rotatable bonds is 4. The van der Waals surface area contributed by atoms with Crippen LogP contribution in [0.1, 0.15) is 71.1 Å². The van der Waals surface area contributed by atoms with Crippen molar-refractivity contribution in [3.05, 3.63) is 41.0 Å². The Hall–Kier alpha value is -4.67. The van der Waals surface area contributed by atoms with E-state index in [-0.39, 0.29) is 24.2 Å². The van der Waals surface area contributed by atoms with Crippen LogP contribution >= 0.6 is 11.3 Å². The average molecular weight is 685 g/mol. The summed E-state index contributed by atoms with van der Waals surface area (Å²) in [6.45, 7) is 12.9. The summed E-state index contributed by atoms with van der Waals surface area (Å²) in [6.07, 6.45) is 0.933. The maximum atomic E-state index is 13.0. The molecule has 7 rings (SSSR count). The SMILES string of the molecule is COc1nc(N2C3CCC2CN(C(=O)OC(C)(C)C)C3)c2c3c(c(-c4cccc5sc(NC(=O)OC(C)(C)C)c(C#N)c45)cc2n1)COC3. The highest BCUT2D eigenvalue weighted by Gasteiger charge is 2.44. The van der Waals surface area contributed by atoms with Gasteiger partial charge in [-0.2, -0.15) is 15.2 Å². The van der Waals surface area contributed by atoms with Crippen LogP contribution in [-0.2, 0) is 27.4 Å². The third kappa shape index (κ3) is 6.08. The number of fused-ring (bicyclic) bond motifs is 6. The number of anilines is 2. The Morgan fingerprint density at radius 3 is 2.33 bits per heavy atom. The van der Waals surface area contributed by atoms with Gasteiger partial charge in [0.2, 0.25) is 0 Å². The fourth-order valence-electron chi connectivity index (χ4n) is 7.16. The number of nitriles is 1. The van der Waals surface area contributed by atoms with Crippen molar-refractivity contribution < 1.29 is 28.5 Å².